The molecule has 5 saturated heterocycles. The first kappa shape index (κ1) is 9.17. The number of hydrogen-bond acceptors (Lipinski definition) is 2. The molecule has 1 saturated carbocycles. The third-order valence-corrected chi connectivity index (χ3v) is 4.58. The van der Waals surface area contributed by atoms with E-state index in [1.807, 2.05) is 0 Å². The van der Waals surface area contributed by atoms with Crippen LogP contribution in [-0.4, -0.2) is 46.1 Å². The molecule has 0 aromatic carbocycles. The smallest absolute Gasteiger partial charge is 0.0274 e. The summed E-state index contributed by atoms with van der Waals surface area (Å²) in [4.78, 5) is 5.52. The molecule has 4 atom stereocenters. The van der Waals surface area contributed by atoms with Crippen molar-refractivity contribution in [3.05, 3.63) is 0 Å². The van der Waals surface area contributed by atoms with Gasteiger partial charge < -0.3 is 0 Å². The Morgan fingerprint density at radius 3 is 1.21 bits per heavy atom. The van der Waals surface area contributed by atoms with E-state index in [2.05, 4.69) is 37.5 Å². The molecule has 6 rings (SSSR count). The van der Waals surface area contributed by atoms with Gasteiger partial charge in [-0.15, -0.1) is 0 Å². The van der Waals surface area contributed by atoms with Gasteiger partial charge in [-0.05, 0) is 40.5 Å². The van der Waals surface area contributed by atoms with E-state index >= 15 is 0 Å². The number of piperazine rings is 1. The van der Waals surface area contributed by atoms with Crippen LogP contribution < -0.4 is 0 Å². The fourth-order valence-corrected chi connectivity index (χ4v) is 4.15. The van der Waals surface area contributed by atoms with Crippen LogP contribution in [0, 0.1) is 0 Å². The van der Waals surface area contributed by atoms with Gasteiger partial charge in [-0.1, -0.05) is 0 Å². The van der Waals surface area contributed by atoms with Gasteiger partial charge in [0.15, 0.2) is 0 Å². The van der Waals surface area contributed by atoms with Crippen molar-refractivity contribution in [1.82, 2.24) is 9.80 Å². The van der Waals surface area contributed by atoms with Crippen LogP contribution >= 0.6 is 0 Å². The Hall–Kier alpha value is -0.0800. The molecule has 0 radical (unpaired) electrons. The van der Waals surface area contributed by atoms with Gasteiger partial charge in [0.05, 0.1) is 0 Å². The van der Waals surface area contributed by atoms with Gasteiger partial charge in [-0.25, -0.2) is 0 Å². The molecule has 2 nitrogen and oxygen atoms in total. The predicted octanol–water partition coefficient (Wildman–Crippen LogP) is 1.70. The summed E-state index contributed by atoms with van der Waals surface area (Å²) < 4.78 is 0. The van der Waals surface area contributed by atoms with Gasteiger partial charge >= 0.3 is 0 Å². The number of rotatable bonds is 2. The van der Waals surface area contributed by atoms with Gasteiger partial charge in [0.2, 0.25) is 0 Å². The lowest BCUT2D eigenvalue weighted by atomic mass is 9.63. The minimum Gasteiger partial charge on any atom is -0.292 e. The fourth-order valence-electron chi connectivity index (χ4n) is 4.15. The van der Waals surface area contributed by atoms with Crippen molar-refractivity contribution in [1.29, 1.82) is 0 Å². The first-order valence-corrected chi connectivity index (χ1v) is 6.16. The normalized spacial score (nSPS) is 46.7. The molecule has 6 aliphatic rings. The topological polar surface area (TPSA) is 6.48 Å². The minimum atomic E-state index is 0.762. The SMILES string of the molecule is CC(C)N1C2CC1C1CC2N1C(C)C. The summed E-state index contributed by atoms with van der Waals surface area (Å²) in [7, 11) is 0. The van der Waals surface area contributed by atoms with Crippen molar-refractivity contribution >= 4 is 0 Å². The molecule has 1 aliphatic carbocycles. The largest absolute Gasteiger partial charge is 0.292 e. The van der Waals surface area contributed by atoms with Gasteiger partial charge in [0, 0.05) is 36.3 Å². The highest BCUT2D eigenvalue weighted by molar-refractivity contribution is 5.20. The Morgan fingerprint density at radius 2 is 1.00 bits per heavy atom. The van der Waals surface area contributed by atoms with Gasteiger partial charge in [-0.3, -0.25) is 9.80 Å². The van der Waals surface area contributed by atoms with Crippen LogP contribution in [0.15, 0.2) is 0 Å². The summed E-state index contributed by atoms with van der Waals surface area (Å²) in [6, 6.07) is 5.11. The van der Waals surface area contributed by atoms with E-state index in [4.69, 9.17) is 0 Å². The standard InChI is InChI=1S/C12H22N2/c1-7(2)13-9-5-10(13)12-6-11(9)14(12)8(3)4/h7-12H,5-6H2,1-4H3. The molecule has 4 bridgehead atoms. The van der Waals surface area contributed by atoms with Crippen LogP contribution in [-0.2, 0) is 0 Å². The van der Waals surface area contributed by atoms with Crippen LogP contribution in [0.5, 0.6) is 0 Å². The lowest BCUT2D eigenvalue weighted by molar-refractivity contribution is -0.231. The maximum Gasteiger partial charge on any atom is 0.0274 e. The maximum atomic E-state index is 2.76. The minimum absolute atomic E-state index is 0.762. The van der Waals surface area contributed by atoms with E-state index in [0.717, 1.165) is 36.3 Å². The molecule has 0 aromatic heterocycles. The van der Waals surface area contributed by atoms with Crippen LogP contribution in [0.2, 0.25) is 0 Å². The highest BCUT2D eigenvalue weighted by Crippen LogP contribution is 2.52. The quantitative estimate of drug-likeness (QED) is 0.660. The lowest BCUT2D eigenvalue weighted by Crippen LogP contribution is -2.85. The van der Waals surface area contributed by atoms with Crippen LogP contribution in [0.1, 0.15) is 40.5 Å². The van der Waals surface area contributed by atoms with E-state index < -0.39 is 0 Å². The molecule has 0 N–H and O–H groups in total. The second-order valence-electron chi connectivity index (χ2n) is 5.82. The average Bonchev–Trinajstić information content (AvgIpc) is 1.99. The van der Waals surface area contributed by atoms with Crippen LogP contribution in [0.25, 0.3) is 0 Å². The first-order valence-electron chi connectivity index (χ1n) is 6.16. The van der Waals surface area contributed by atoms with Crippen molar-refractivity contribution in [3.63, 3.8) is 0 Å². The molecule has 14 heavy (non-hydrogen) atoms. The van der Waals surface area contributed by atoms with Crippen molar-refractivity contribution < 1.29 is 0 Å². The van der Waals surface area contributed by atoms with Crippen molar-refractivity contribution in [2.24, 2.45) is 0 Å². The van der Waals surface area contributed by atoms with E-state index in [1.54, 1.807) is 0 Å². The van der Waals surface area contributed by atoms with Gasteiger partial charge in [0.1, 0.15) is 0 Å². The van der Waals surface area contributed by atoms with Crippen LogP contribution in [0.3, 0.4) is 0 Å². The van der Waals surface area contributed by atoms with Gasteiger partial charge in [-0.2, -0.15) is 0 Å². The summed E-state index contributed by atoms with van der Waals surface area (Å²) in [5, 5.41) is 0. The van der Waals surface area contributed by atoms with E-state index in [-0.39, 0.29) is 0 Å². The van der Waals surface area contributed by atoms with Crippen molar-refractivity contribution in [2.75, 3.05) is 0 Å². The Balaban J connectivity index is 1.78. The second kappa shape index (κ2) is 2.73. The predicted molar refractivity (Wildman–Crippen MR) is 58.3 cm³/mol. The first-order chi connectivity index (χ1) is 6.61. The Bertz CT molecular complexity index is 207. The summed E-state index contributed by atoms with van der Waals surface area (Å²) in [6.45, 7) is 9.40. The monoisotopic (exact) mass is 194 g/mol. The molecule has 80 valence electrons. The number of hydrogen-bond donors (Lipinski definition) is 0. The zero-order chi connectivity index (χ0) is 10.0. The summed E-state index contributed by atoms with van der Waals surface area (Å²) in [5.41, 5.74) is 0. The maximum absolute atomic E-state index is 2.76. The van der Waals surface area contributed by atoms with E-state index in [0.29, 0.717) is 0 Å². The van der Waals surface area contributed by atoms with Crippen molar-refractivity contribution in [2.45, 2.75) is 76.8 Å². The Kier molecular flexibility index (Phi) is 1.79. The molecule has 0 spiro atoms. The molecule has 5 aliphatic heterocycles. The number of nitrogens with zero attached hydrogens (tertiary/aromatic N) is 2. The summed E-state index contributed by atoms with van der Waals surface area (Å²) in [5.74, 6) is 0. The van der Waals surface area contributed by atoms with E-state index in [1.165, 1.54) is 12.8 Å². The molecule has 4 unspecified atom stereocenters. The Morgan fingerprint density at radius 1 is 0.714 bits per heavy atom. The molecular formula is C12H22N2. The molecule has 6 fully saturated rings. The molecule has 2 heteroatoms. The lowest BCUT2D eigenvalue weighted by Gasteiger charge is -2.74. The average molecular weight is 194 g/mol. The molecule has 5 heterocycles. The van der Waals surface area contributed by atoms with Crippen LogP contribution in [0.4, 0.5) is 0 Å². The summed E-state index contributed by atoms with van der Waals surface area (Å²) in [6.07, 6.45) is 2.97. The van der Waals surface area contributed by atoms with E-state index in [9.17, 15) is 0 Å². The highest BCUT2D eigenvalue weighted by Gasteiger charge is 2.63. The zero-order valence-corrected chi connectivity index (χ0v) is 9.77. The third-order valence-electron chi connectivity index (χ3n) is 4.58. The fraction of sp³-hybridized carbons (Fsp3) is 1.00. The molecule has 0 aromatic rings. The van der Waals surface area contributed by atoms with Gasteiger partial charge in [0.25, 0.3) is 0 Å². The second-order valence-corrected chi connectivity index (χ2v) is 5.82. The van der Waals surface area contributed by atoms with Crippen molar-refractivity contribution in [3.8, 4) is 0 Å². The zero-order valence-electron chi connectivity index (χ0n) is 9.77. The molecule has 0 amide bonds. The Labute approximate surface area is 87.3 Å². The highest BCUT2D eigenvalue weighted by atomic mass is 15.4. The third kappa shape index (κ3) is 0.892. The number of piperidine rings is 2. The molecular weight excluding hydrogens is 172 g/mol. The summed E-state index contributed by atoms with van der Waals surface area (Å²) >= 11 is 0.